The first-order valence-electron chi connectivity index (χ1n) is 8.65. The van der Waals surface area contributed by atoms with Gasteiger partial charge in [0, 0.05) is 41.3 Å². The van der Waals surface area contributed by atoms with Crippen LogP contribution in [0, 0.1) is 13.8 Å². The Labute approximate surface area is 168 Å². The number of hydrogen-bond donors (Lipinski definition) is 0. The molecule has 4 aromatic heterocycles. The van der Waals surface area contributed by atoms with Crippen molar-refractivity contribution in [3.63, 3.8) is 0 Å². The van der Waals surface area contributed by atoms with Gasteiger partial charge in [-0.1, -0.05) is 11.8 Å². The molecule has 29 heavy (non-hydrogen) atoms. The number of rotatable bonds is 5. The average molecular weight is 419 g/mol. The normalized spacial score (nSPS) is 12.0. The lowest BCUT2D eigenvalue weighted by Crippen LogP contribution is -2.19. The molecular weight excluding hydrogens is 403 g/mol. The van der Waals surface area contributed by atoms with Gasteiger partial charge in [0.1, 0.15) is 6.54 Å². The van der Waals surface area contributed by atoms with Gasteiger partial charge < -0.3 is 0 Å². The number of thioether (sulfide) groups is 1. The minimum atomic E-state index is -4.40. The van der Waals surface area contributed by atoms with E-state index < -0.39 is 12.7 Å². The van der Waals surface area contributed by atoms with Crippen molar-refractivity contribution in [1.82, 2.24) is 34.1 Å². The van der Waals surface area contributed by atoms with Gasteiger partial charge in [-0.05, 0) is 32.0 Å². The van der Waals surface area contributed by atoms with Gasteiger partial charge in [-0.2, -0.15) is 13.2 Å². The van der Waals surface area contributed by atoms with Crippen LogP contribution >= 0.6 is 11.8 Å². The zero-order chi connectivity index (χ0) is 20.6. The average Bonchev–Trinajstić information content (AvgIpc) is 3.23. The molecule has 0 saturated carbocycles. The molecule has 0 spiro atoms. The Kier molecular flexibility index (Phi) is 4.99. The zero-order valence-electron chi connectivity index (χ0n) is 15.6. The molecule has 4 heterocycles. The molecule has 0 fully saturated rings. The Morgan fingerprint density at radius 1 is 1.07 bits per heavy atom. The summed E-state index contributed by atoms with van der Waals surface area (Å²) in [5.41, 5.74) is 3.05. The van der Waals surface area contributed by atoms with E-state index in [2.05, 4.69) is 25.1 Å². The van der Waals surface area contributed by atoms with Gasteiger partial charge in [-0.15, -0.1) is 10.2 Å². The molecule has 0 N–H and O–H groups in total. The fourth-order valence-corrected chi connectivity index (χ4v) is 3.78. The van der Waals surface area contributed by atoms with Crippen molar-refractivity contribution in [2.75, 3.05) is 0 Å². The largest absolute Gasteiger partial charge is 0.406 e. The quantitative estimate of drug-likeness (QED) is 0.458. The Bertz CT molecular complexity index is 1150. The highest BCUT2D eigenvalue weighted by atomic mass is 32.2. The highest BCUT2D eigenvalue weighted by Gasteiger charge is 2.31. The molecular formula is C18H16F3N7S. The fraction of sp³-hybridized carbons (Fsp3) is 0.278. The van der Waals surface area contributed by atoms with Crippen LogP contribution < -0.4 is 0 Å². The van der Waals surface area contributed by atoms with E-state index in [4.69, 9.17) is 0 Å². The summed E-state index contributed by atoms with van der Waals surface area (Å²) >= 11 is 1.15. The second-order valence-corrected chi connectivity index (χ2v) is 7.42. The Balaban J connectivity index is 1.63. The molecule has 0 atom stereocenters. The summed E-state index contributed by atoms with van der Waals surface area (Å²) in [6.45, 7) is 2.66. The number of fused-ring (bicyclic) bond motifs is 1. The van der Waals surface area contributed by atoms with Crippen LogP contribution in [0.5, 0.6) is 0 Å². The van der Waals surface area contributed by atoms with E-state index in [1.165, 1.54) is 12.4 Å². The number of pyridine rings is 1. The molecule has 0 saturated heterocycles. The van der Waals surface area contributed by atoms with Crippen molar-refractivity contribution >= 4 is 17.5 Å². The summed E-state index contributed by atoms with van der Waals surface area (Å²) in [5, 5.41) is 8.13. The van der Waals surface area contributed by atoms with Gasteiger partial charge in [-0.3, -0.25) is 14.0 Å². The molecule has 0 amide bonds. The van der Waals surface area contributed by atoms with E-state index >= 15 is 0 Å². The maximum Gasteiger partial charge on any atom is 0.406 e. The maximum atomic E-state index is 13.2. The predicted octanol–water partition coefficient (Wildman–Crippen LogP) is 3.85. The zero-order valence-corrected chi connectivity index (χ0v) is 16.4. The summed E-state index contributed by atoms with van der Waals surface area (Å²) < 4.78 is 42.4. The highest BCUT2D eigenvalue weighted by molar-refractivity contribution is 7.98. The fourth-order valence-electron chi connectivity index (χ4n) is 2.96. The molecule has 0 aliphatic carbocycles. The molecule has 0 radical (unpaired) electrons. The van der Waals surface area contributed by atoms with Crippen LogP contribution in [0.2, 0.25) is 0 Å². The smallest absolute Gasteiger partial charge is 0.293 e. The number of hydrogen-bond acceptors (Lipinski definition) is 6. The Morgan fingerprint density at radius 2 is 1.83 bits per heavy atom. The third-order valence-corrected chi connectivity index (χ3v) is 5.15. The summed E-state index contributed by atoms with van der Waals surface area (Å²) in [7, 11) is 0. The minimum Gasteiger partial charge on any atom is -0.293 e. The second kappa shape index (κ2) is 7.47. The Hall–Kier alpha value is -2.95. The first-order chi connectivity index (χ1) is 13.8. The van der Waals surface area contributed by atoms with Crippen molar-refractivity contribution in [3.05, 3.63) is 53.9 Å². The van der Waals surface area contributed by atoms with Crippen LogP contribution in [-0.2, 0) is 12.3 Å². The summed E-state index contributed by atoms with van der Waals surface area (Å²) in [6.07, 6.45) is 0.435. The molecule has 11 heteroatoms. The lowest BCUT2D eigenvalue weighted by Gasteiger charge is -2.12. The van der Waals surface area contributed by atoms with Crippen LogP contribution in [0.4, 0.5) is 13.2 Å². The molecule has 4 aromatic rings. The number of nitrogens with zero attached hydrogens (tertiary/aromatic N) is 7. The van der Waals surface area contributed by atoms with Crippen molar-refractivity contribution in [3.8, 4) is 11.4 Å². The summed E-state index contributed by atoms with van der Waals surface area (Å²) in [5.74, 6) is 1.05. The van der Waals surface area contributed by atoms with Crippen molar-refractivity contribution < 1.29 is 13.2 Å². The van der Waals surface area contributed by atoms with E-state index in [0.717, 1.165) is 27.7 Å². The lowest BCUT2D eigenvalue weighted by molar-refractivity contribution is -0.141. The Morgan fingerprint density at radius 3 is 2.55 bits per heavy atom. The van der Waals surface area contributed by atoms with Crippen LogP contribution in [0.15, 0.2) is 41.9 Å². The minimum absolute atomic E-state index is 0.148. The first-order valence-corrected chi connectivity index (χ1v) is 9.64. The molecule has 0 unspecified atom stereocenters. The third kappa shape index (κ3) is 4.24. The number of aryl methyl sites for hydroxylation is 2. The number of halogens is 3. The molecule has 0 aromatic carbocycles. The second-order valence-electron chi connectivity index (χ2n) is 6.47. The number of alkyl halides is 3. The van der Waals surface area contributed by atoms with Crippen LogP contribution in [0.25, 0.3) is 17.2 Å². The summed E-state index contributed by atoms with van der Waals surface area (Å²) in [4.78, 5) is 12.7. The molecule has 0 bridgehead atoms. The first kappa shape index (κ1) is 19.4. The molecule has 150 valence electrons. The van der Waals surface area contributed by atoms with Gasteiger partial charge >= 0.3 is 6.18 Å². The standard InChI is InChI=1S/C18H16F3N7S/c1-11-7-12(2)27-8-14(24-16(27)23-11)9-29-17-26-25-15(13-3-5-22-6-4-13)28(17)10-18(19,20)21/h3-8H,9-10H2,1-2H3. The van der Waals surface area contributed by atoms with Crippen molar-refractivity contribution in [2.45, 2.75) is 37.5 Å². The van der Waals surface area contributed by atoms with Gasteiger partial charge in [0.15, 0.2) is 11.0 Å². The summed E-state index contributed by atoms with van der Waals surface area (Å²) in [6, 6.07) is 5.14. The van der Waals surface area contributed by atoms with E-state index in [-0.39, 0.29) is 11.0 Å². The van der Waals surface area contributed by atoms with Gasteiger partial charge in [0.05, 0.1) is 5.69 Å². The van der Waals surface area contributed by atoms with E-state index in [9.17, 15) is 13.2 Å². The van der Waals surface area contributed by atoms with Crippen LogP contribution in [-0.4, -0.2) is 40.3 Å². The van der Waals surface area contributed by atoms with Crippen molar-refractivity contribution in [1.29, 1.82) is 0 Å². The van der Waals surface area contributed by atoms with Crippen molar-refractivity contribution in [2.24, 2.45) is 0 Å². The third-order valence-electron chi connectivity index (χ3n) is 4.15. The molecule has 4 rings (SSSR count). The van der Waals surface area contributed by atoms with E-state index in [1.807, 2.05) is 30.5 Å². The van der Waals surface area contributed by atoms with E-state index in [0.29, 0.717) is 22.8 Å². The highest BCUT2D eigenvalue weighted by Crippen LogP contribution is 2.29. The number of aromatic nitrogens is 7. The van der Waals surface area contributed by atoms with Gasteiger partial charge in [-0.25, -0.2) is 9.97 Å². The molecule has 0 aliphatic heterocycles. The lowest BCUT2D eigenvalue weighted by atomic mass is 10.2. The predicted molar refractivity (Wildman–Crippen MR) is 101 cm³/mol. The topological polar surface area (TPSA) is 73.8 Å². The maximum absolute atomic E-state index is 13.2. The van der Waals surface area contributed by atoms with E-state index in [1.54, 1.807) is 12.1 Å². The molecule has 7 nitrogen and oxygen atoms in total. The van der Waals surface area contributed by atoms with Crippen LogP contribution in [0.3, 0.4) is 0 Å². The monoisotopic (exact) mass is 419 g/mol. The SMILES string of the molecule is Cc1cc(C)n2cc(CSc3nnc(-c4ccncc4)n3CC(F)(F)F)nc2n1. The van der Waals surface area contributed by atoms with Crippen LogP contribution in [0.1, 0.15) is 17.1 Å². The van der Waals surface area contributed by atoms with Gasteiger partial charge in [0.25, 0.3) is 0 Å². The molecule has 0 aliphatic rings. The van der Waals surface area contributed by atoms with Gasteiger partial charge in [0.2, 0.25) is 5.78 Å². The number of imidazole rings is 1.